The number of rotatable bonds is 3. The van der Waals surface area contributed by atoms with E-state index in [0.717, 1.165) is 36.1 Å². The van der Waals surface area contributed by atoms with Crippen LogP contribution in [-0.2, 0) is 16.1 Å². The van der Waals surface area contributed by atoms with Crippen LogP contribution in [0.1, 0.15) is 39.2 Å². The maximum Gasteiger partial charge on any atom is 0.410 e. The highest BCUT2D eigenvalue weighted by molar-refractivity contribution is 9.10. The monoisotopic (exact) mass is 451 g/mol. The first-order chi connectivity index (χ1) is 13.2. The molecular formula is C21H30BrN3O3. The number of halogens is 1. The van der Waals surface area contributed by atoms with Crippen molar-refractivity contribution in [3.05, 3.63) is 34.3 Å². The van der Waals surface area contributed by atoms with Gasteiger partial charge in [-0.05, 0) is 44.9 Å². The van der Waals surface area contributed by atoms with E-state index in [4.69, 9.17) is 4.74 Å². The summed E-state index contributed by atoms with van der Waals surface area (Å²) < 4.78 is 6.51. The Hall–Kier alpha value is -1.60. The quantitative estimate of drug-likeness (QED) is 0.705. The van der Waals surface area contributed by atoms with E-state index in [2.05, 4.69) is 33.0 Å². The zero-order chi connectivity index (χ0) is 20.3. The third kappa shape index (κ3) is 5.70. The molecule has 2 saturated heterocycles. The van der Waals surface area contributed by atoms with Gasteiger partial charge in [-0.1, -0.05) is 28.1 Å². The van der Waals surface area contributed by atoms with E-state index >= 15 is 0 Å². The predicted octanol–water partition coefficient (Wildman–Crippen LogP) is 3.49. The van der Waals surface area contributed by atoms with Crippen LogP contribution in [0.25, 0.3) is 0 Å². The van der Waals surface area contributed by atoms with Gasteiger partial charge in [0.05, 0.1) is 0 Å². The Morgan fingerprint density at radius 2 is 1.75 bits per heavy atom. The average Bonchev–Trinajstić information content (AvgIpc) is 2.64. The molecule has 154 valence electrons. The Morgan fingerprint density at radius 1 is 1.11 bits per heavy atom. The number of carbonyl (C=O) groups is 2. The van der Waals surface area contributed by atoms with Crippen LogP contribution in [0.15, 0.2) is 28.7 Å². The number of amides is 2. The summed E-state index contributed by atoms with van der Waals surface area (Å²) in [4.78, 5) is 30.9. The van der Waals surface area contributed by atoms with Crippen LogP contribution in [0, 0.1) is 0 Å². The van der Waals surface area contributed by atoms with Crippen LogP contribution in [-0.4, -0.2) is 71.1 Å². The Balaban J connectivity index is 1.46. The summed E-state index contributed by atoms with van der Waals surface area (Å²) in [5, 5.41) is 0. The van der Waals surface area contributed by atoms with Gasteiger partial charge in [-0.2, -0.15) is 0 Å². The van der Waals surface area contributed by atoms with E-state index in [9.17, 15) is 9.59 Å². The summed E-state index contributed by atoms with van der Waals surface area (Å²) in [6.45, 7) is 10.0. The normalized spacial score (nSPS) is 21.7. The molecular weight excluding hydrogens is 422 g/mol. The summed E-state index contributed by atoms with van der Waals surface area (Å²) in [5.74, 6) is 0.216. The van der Waals surface area contributed by atoms with Crippen molar-refractivity contribution in [2.75, 3.05) is 32.7 Å². The molecule has 1 unspecified atom stereocenters. The van der Waals surface area contributed by atoms with Gasteiger partial charge in [0.25, 0.3) is 0 Å². The molecule has 1 aromatic carbocycles. The summed E-state index contributed by atoms with van der Waals surface area (Å²) in [7, 11) is 0. The molecule has 2 aliphatic heterocycles. The van der Waals surface area contributed by atoms with Crippen molar-refractivity contribution in [2.24, 2.45) is 0 Å². The minimum atomic E-state index is -0.470. The fourth-order valence-electron chi connectivity index (χ4n) is 3.75. The van der Waals surface area contributed by atoms with E-state index in [1.54, 1.807) is 4.90 Å². The van der Waals surface area contributed by atoms with Gasteiger partial charge < -0.3 is 14.5 Å². The van der Waals surface area contributed by atoms with Crippen LogP contribution < -0.4 is 0 Å². The predicted molar refractivity (Wildman–Crippen MR) is 112 cm³/mol. The van der Waals surface area contributed by atoms with Crippen molar-refractivity contribution in [3.8, 4) is 0 Å². The molecule has 1 aromatic rings. The number of likely N-dealkylation sites (tertiary alicyclic amines) is 1. The molecule has 0 radical (unpaired) electrons. The van der Waals surface area contributed by atoms with Gasteiger partial charge in [-0.3, -0.25) is 9.69 Å². The largest absolute Gasteiger partial charge is 0.444 e. The molecule has 2 amide bonds. The second-order valence-corrected chi connectivity index (χ2v) is 9.51. The SMILES string of the molecule is CC(C)(C)OC(=O)N1CCN(C2CCN(Cc3ccc(Br)cc3)C(=O)C2)CC1. The number of carbonyl (C=O) groups excluding carboxylic acids is 2. The van der Waals surface area contributed by atoms with Gasteiger partial charge in [0.1, 0.15) is 5.60 Å². The minimum absolute atomic E-state index is 0.216. The Labute approximate surface area is 175 Å². The fraction of sp³-hybridized carbons (Fsp3) is 0.619. The van der Waals surface area contributed by atoms with Crippen molar-refractivity contribution in [1.82, 2.24) is 14.7 Å². The van der Waals surface area contributed by atoms with Crippen molar-refractivity contribution in [3.63, 3.8) is 0 Å². The lowest BCUT2D eigenvalue weighted by Crippen LogP contribution is -2.55. The van der Waals surface area contributed by atoms with Crippen LogP contribution in [0.4, 0.5) is 4.79 Å². The molecule has 0 spiro atoms. The molecule has 2 aliphatic rings. The van der Waals surface area contributed by atoms with Gasteiger partial charge in [0.2, 0.25) is 5.91 Å². The highest BCUT2D eigenvalue weighted by atomic mass is 79.9. The van der Waals surface area contributed by atoms with E-state index in [1.165, 1.54) is 0 Å². The zero-order valence-electron chi connectivity index (χ0n) is 17.0. The van der Waals surface area contributed by atoms with E-state index in [0.29, 0.717) is 26.1 Å². The van der Waals surface area contributed by atoms with Crippen molar-refractivity contribution >= 4 is 27.9 Å². The summed E-state index contributed by atoms with van der Waals surface area (Å²) >= 11 is 3.44. The number of nitrogens with zero attached hydrogens (tertiary/aromatic N) is 3. The molecule has 28 heavy (non-hydrogen) atoms. The molecule has 3 rings (SSSR count). The second kappa shape index (κ2) is 8.82. The van der Waals surface area contributed by atoms with E-state index in [1.807, 2.05) is 37.8 Å². The molecule has 2 heterocycles. The molecule has 1 atom stereocenters. The van der Waals surface area contributed by atoms with Crippen LogP contribution in [0.5, 0.6) is 0 Å². The third-order valence-electron chi connectivity index (χ3n) is 5.26. The first-order valence-electron chi connectivity index (χ1n) is 9.95. The van der Waals surface area contributed by atoms with Gasteiger partial charge in [0.15, 0.2) is 0 Å². The molecule has 0 bridgehead atoms. The maximum absolute atomic E-state index is 12.7. The number of piperazine rings is 1. The Kier molecular flexibility index (Phi) is 6.65. The standard InChI is InChI=1S/C21H30BrN3O3/c1-21(2,3)28-20(27)24-12-10-23(11-13-24)18-8-9-25(19(26)14-18)15-16-4-6-17(22)7-5-16/h4-7,18H,8-15H2,1-3H3. The lowest BCUT2D eigenvalue weighted by molar-refractivity contribution is -0.136. The number of hydrogen-bond donors (Lipinski definition) is 0. The first kappa shape index (κ1) is 21.1. The molecule has 0 aliphatic carbocycles. The maximum atomic E-state index is 12.7. The molecule has 0 N–H and O–H groups in total. The third-order valence-corrected chi connectivity index (χ3v) is 5.79. The smallest absolute Gasteiger partial charge is 0.410 e. The van der Waals surface area contributed by atoms with Crippen molar-refractivity contribution in [1.29, 1.82) is 0 Å². The highest BCUT2D eigenvalue weighted by Crippen LogP contribution is 2.22. The Morgan fingerprint density at radius 3 is 2.32 bits per heavy atom. The highest BCUT2D eigenvalue weighted by Gasteiger charge is 2.33. The number of hydrogen-bond acceptors (Lipinski definition) is 4. The second-order valence-electron chi connectivity index (χ2n) is 8.59. The topological polar surface area (TPSA) is 53.1 Å². The summed E-state index contributed by atoms with van der Waals surface area (Å²) in [6, 6.07) is 8.40. The minimum Gasteiger partial charge on any atom is -0.444 e. The van der Waals surface area contributed by atoms with Crippen LogP contribution in [0.2, 0.25) is 0 Å². The molecule has 0 saturated carbocycles. The average molecular weight is 452 g/mol. The van der Waals surface area contributed by atoms with Gasteiger partial charge in [-0.15, -0.1) is 0 Å². The first-order valence-corrected chi connectivity index (χ1v) is 10.7. The Bertz CT molecular complexity index is 694. The number of benzene rings is 1. The fourth-order valence-corrected chi connectivity index (χ4v) is 4.01. The van der Waals surface area contributed by atoms with Crippen molar-refractivity contribution < 1.29 is 14.3 Å². The number of ether oxygens (including phenoxy) is 1. The lowest BCUT2D eigenvalue weighted by Gasteiger charge is -2.42. The molecule has 2 fully saturated rings. The van der Waals surface area contributed by atoms with Crippen LogP contribution in [0.3, 0.4) is 0 Å². The lowest BCUT2D eigenvalue weighted by atomic mass is 10.0. The van der Waals surface area contributed by atoms with Gasteiger partial charge in [-0.25, -0.2) is 4.79 Å². The number of piperidine rings is 1. The molecule has 7 heteroatoms. The van der Waals surface area contributed by atoms with E-state index < -0.39 is 5.60 Å². The van der Waals surface area contributed by atoms with Crippen LogP contribution >= 0.6 is 15.9 Å². The summed E-state index contributed by atoms with van der Waals surface area (Å²) in [5.41, 5.74) is 0.684. The molecule has 6 nitrogen and oxygen atoms in total. The van der Waals surface area contributed by atoms with Gasteiger partial charge >= 0.3 is 6.09 Å². The van der Waals surface area contributed by atoms with Crippen molar-refractivity contribution in [2.45, 2.75) is 51.8 Å². The molecule has 0 aromatic heterocycles. The summed E-state index contributed by atoms with van der Waals surface area (Å²) in [6.07, 6.45) is 1.30. The van der Waals surface area contributed by atoms with Gasteiger partial charge in [0, 0.05) is 56.2 Å². The zero-order valence-corrected chi connectivity index (χ0v) is 18.6. The van der Waals surface area contributed by atoms with E-state index in [-0.39, 0.29) is 18.0 Å².